The van der Waals surface area contributed by atoms with E-state index in [4.69, 9.17) is 4.84 Å². The van der Waals surface area contributed by atoms with Crippen LogP contribution in [-0.2, 0) is 4.84 Å². The molecule has 0 aliphatic carbocycles. The standard InChI is InChI=1S/C13H21NO/c1-11(12-9-7-6-8-10-12)15-14(5)13(2,3)4/h6-11H,1-5H3. The van der Waals surface area contributed by atoms with Crippen LogP contribution in [0, 0.1) is 0 Å². The predicted octanol–water partition coefficient (Wildman–Crippen LogP) is 3.41. The second kappa shape index (κ2) is 4.77. The zero-order chi connectivity index (χ0) is 11.5. The van der Waals surface area contributed by atoms with Gasteiger partial charge in [0.2, 0.25) is 0 Å². The largest absolute Gasteiger partial charge is 0.291 e. The van der Waals surface area contributed by atoms with Crippen LogP contribution in [0.5, 0.6) is 0 Å². The predicted molar refractivity (Wildman–Crippen MR) is 63.5 cm³/mol. The first-order chi connectivity index (χ1) is 6.91. The van der Waals surface area contributed by atoms with Gasteiger partial charge in [-0.15, -0.1) is 0 Å². The third-order valence-electron chi connectivity index (χ3n) is 2.53. The molecule has 84 valence electrons. The van der Waals surface area contributed by atoms with Crippen molar-refractivity contribution in [1.82, 2.24) is 5.06 Å². The molecule has 2 nitrogen and oxygen atoms in total. The summed E-state index contributed by atoms with van der Waals surface area (Å²) in [7, 11) is 1.97. The Bertz CT molecular complexity index is 289. The first-order valence-electron chi connectivity index (χ1n) is 5.37. The van der Waals surface area contributed by atoms with Gasteiger partial charge in [-0.25, -0.2) is 0 Å². The summed E-state index contributed by atoms with van der Waals surface area (Å²) in [5.74, 6) is 0. The van der Waals surface area contributed by atoms with Gasteiger partial charge < -0.3 is 0 Å². The van der Waals surface area contributed by atoms with Crippen molar-refractivity contribution in [2.75, 3.05) is 7.05 Å². The molecule has 2 heteroatoms. The Balaban J connectivity index is 2.61. The number of hydrogen-bond acceptors (Lipinski definition) is 2. The van der Waals surface area contributed by atoms with Gasteiger partial charge in [-0.05, 0) is 33.3 Å². The summed E-state index contributed by atoms with van der Waals surface area (Å²) in [5.41, 5.74) is 1.23. The third kappa shape index (κ3) is 3.65. The highest BCUT2D eigenvalue weighted by molar-refractivity contribution is 5.16. The van der Waals surface area contributed by atoms with E-state index in [2.05, 4.69) is 39.8 Å². The average molecular weight is 207 g/mol. The molecular formula is C13H21NO. The van der Waals surface area contributed by atoms with Gasteiger partial charge >= 0.3 is 0 Å². The molecule has 1 rings (SSSR count). The Kier molecular flexibility index (Phi) is 3.89. The lowest BCUT2D eigenvalue weighted by Gasteiger charge is -2.33. The Morgan fingerprint density at radius 1 is 1.13 bits per heavy atom. The van der Waals surface area contributed by atoms with E-state index in [1.807, 2.05) is 30.3 Å². The van der Waals surface area contributed by atoms with Crippen LogP contribution in [0.4, 0.5) is 0 Å². The van der Waals surface area contributed by atoms with Crippen LogP contribution in [0.1, 0.15) is 39.4 Å². The van der Waals surface area contributed by atoms with Crippen LogP contribution in [0.3, 0.4) is 0 Å². The molecule has 1 aromatic rings. The zero-order valence-electron chi connectivity index (χ0n) is 10.3. The van der Waals surface area contributed by atoms with Crippen LogP contribution >= 0.6 is 0 Å². The molecule has 15 heavy (non-hydrogen) atoms. The summed E-state index contributed by atoms with van der Waals surface area (Å²) in [4.78, 5) is 5.83. The highest BCUT2D eigenvalue weighted by Gasteiger charge is 2.20. The van der Waals surface area contributed by atoms with E-state index in [1.54, 1.807) is 0 Å². The smallest absolute Gasteiger partial charge is 0.101 e. The fourth-order valence-corrected chi connectivity index (χ4v) is 1.18. The summed E-state index contributed by atoms with van der Waals surface area (Å²) in [6.07, 6.45) is 0.0930. The summed E-state index contributed by atoms with van der Waals surface area (Å²) in [6, 6.07) is 10.3. The number of hydroxylamine groups is 2. The Morgan fingerprint density at radius 2 is 1.67 bits per heavy atom. The lowest BCUT2D eigenvalue weighted by atomic mass is 10.1. The zero-order valence-corrected chi connectivity index (χ0v) is 10.3. The summed E-state index contributed by atoms with van der Waals surface area (Å²) in [6.45, 7) is 8.46. The fraction of sp³-hybridized carbons (Fsp3) is 0.538. The molecule has 0 saturated carbocycles. The summed E-state index contributed by atoms with van der Waals surface area (Å²) < 4.78 is 0. The van der Waals surface area contributed by atoms with Gasteiger partial charge in [-0.2, -0.15) is 5.06 Å². The van der Waals surface area contributed by atoms with Gasteiger partial charge in [0.05, 0.1) is 0 Å². The van der Waals surface area contributed by atoms with Crippen molar-refractivity contribution in [1.29, 1.82) is 0 Å². The minimum atomic E-state index is 0.0308. The molecule has 0 heterocycles. The Hall–Kier alpha value is -0.860. The molecule has 0 aliphatic rings. The first-order valence-corrected chi connectivity index (χ1v) is 5.37. The van der Waals surface area contributed by atoms with Crippen molar-refractivity contribution in [3.8, 4) is 0 Å². The van der Waals surface area contributed by atoms with E-state index in [0.29, 0.717) is 0 Å². The van der Waals surface area contributed by atoms with Gasteiger partial charge in [0.1, 0.15) is 6.10 Å². The van der Waals surface area contributed by atoms with E-state index in [1.165, 1.54) is 5.56 Å². The monoisotopic (exact) mass is 207 g/mol. The summed E-state index contributed by atoms with van der Waals surface area (Å²) >= 11 is 0. The first kappa shape index (κ1) is 12.2. The van der Waals surface area contributed by atoms with Crippen molar-refractivity contribution in [2.24, 2.45) is 0 Å². The van der Waals surface area contributed by atoms with Crippen LogP contribution in [0.25, 0.3) is 0 Å². The van der Waals surface area contributed by atoms with Crippen molar-refractivity contribution in [3.63, 3.8) is 0 Å². The maximum atomic E-state index is 5.83. The highest BCUT2D eigenvalue weighted by atomic mass is 16.7. The van der Waals surface area contributed by atoms with E-state index in [0.717, 1.165) is 0 Å². The van der Waals surface area contributed by atoms with Gasteiger partial charge in [0.25, 0.3) is 0 Å². The number of benzene rings is 1. The lowest BCUT2D eigenvalue weighted by Crippen LogP contribution is -2.38. The number of nitrogens with zero attached hydrogens (tertiary/aromatic N) is 1. The van der Waals surface area contributed by atoms with E-state index in [-0.39, 0.29) is 11.6 Å². The van der Waals surface area contributed by atoms with Gasteiger partial charge in [0.15, 0.2) is 0 Å². The van der Waals surface area contributed by atoms with E-state index < -0.39 is 0 Å². The van der Waals surface area contributed by atoms with Gasteiger partial charge in [-0.3, -0.25) is 4.84 Å². The molecule has 0 aromatic heterocycles. The fourth-order valence-electron chi connectivity index (χ4n) is 1.18. The molecular weight excluding hydrogens is 186 g/mol. The minimum absolute atomic E-state index is 0.0308. The lowest BCUT2D eigenvalue weighted by molar-refractivity contribution is -0.223. The Labute approximate surface area is 92.8 Å². The second-order valence-electron chi connectivity index (χ2n) is 4.83. The second-order valence-corrected chi connectivity index (χ2v) is 4.83. The molecule has 0 aliphatic heterocycles. The van der Waals surface area contributed by atoms with Crippen LogP contribution < -0.4 is 0 Å². The van der Waals surface area contributed by atoms with Crippen molar-refractivity contribution in [2.45, 2.75) is 39.3 Å². The molecule has 0 radical (unpaired) electrons. The third-order valence-corrected chi connectivity index (χ3v) is 2.53. The molecule has 0 spiro atoms. The normalized spacial score (nSPS) is 14.3. The molecule has 0 amide bonds. The maximum absolute atomic E-state index is 5.83. The highest BCUT2D eigenvalue weighted by Crippen LogP contribution is 2.21. The van der Waals surface area contributed by atoms with Crippen LogP contribution in [0.2, 0.25) is 0 Å². The van der Waals surface area contributed by atoms with E-state index in [9.17, 15) is 0 Å². The van der Waals surface area contributed by atoms with E-state index >= 15 is 0 Å². The topological polar surface area (TPSA) is 12.5 Å². The molecule has 1 unspecified atom stereocenters. The van der Waals surface area contributed by atoms with Crippen molar-refractivity contribution in [3.05, 3.63) is 35.9 Å². The number of hydrogen-bond donors (Lipinski definition) is 0. The molecule has 0 saturated heterocycles. The van der Waals surface area contributed by atoms with Crippen molar-refractivity contribution >= 4 is 0 Å². The summed E-state index contributed by atoms with van der Waals surface area (Å²) in [5, 5.41) is 1.91. The average Bonchev–Trinajstić information content (AvgIpc) is 2.17. The molecule has 0 fully saturated rings. The van der Waals surface area contributed by atoms with Gasteiger partial charge in [0, 0.05) is 12.6 Å². The SMILES string of the molecule is CC(ON(C)C(C)(C)C)c1ccccc1. The molecule has 1 aromatic carbocycles. The number of rotatable bonds is 3. The molecule has 0 N–H and O–H groups in total. The molecule has 0 bridgehead atoms. The maximum Gasteiger partial charge on any atom is 0.101 e. The van der Waals surface area contributed by atoms with Crippen LogP contribution in [0.15, 0.2) is 30.3 Å². The Morgan fingerprint density at radius 3 is 2.13 bits per heavy atom. The van der Waals surface area contributed by atoms with Gasteiger partial charge in [-0.1, -0.05) is 30.3 Å². The molecule has 1 atom stereocenters. The quantitative estimate of drug-likeness (QED) is 0.704. The van der Waals surface area contributed by atoms with Crippen molar-refractivity contribution < 1.29 is 4.84 Å². The van der Waals surface area contributed by atoms with Crippen LogP contribution in [-0.4, -0.2) is 17.6 Å². The minimum Gasteiger partial charge on any atom is -0.291 e.